The third-order valence-corrected chi connectivity index (χ3v) is 2.58. The van der Waals surface area contributed by atoms with Crippen LogP contribution in [0.3, 0.4) is 0 Å². The Morgan fingerprint density at radius 1 is 1.07 bits per heavy atom. The second kappa shape index (κ2) is 4.95. The van der Waals surface area contributed by atoms with Crippen LogP contribution in [0.2, 0.25) is 0 Å². The molecule has 3 N–H and O–H groups in total. The van der Waals surface area contributed by atoms with E-state index in [1.807, 2.05) is 0 Å². The van der Waals surface area contributed by atoms with E-state index in [0.717, 1.165) is 0 Å². The molecular weight excluding hydrogens is 182 g/mol. The van der Waals surface area contributed by atoms with E-state index in [1.165, 1.54) is 0 Å². The molecule has 2 amide bonds. The van der Waals surface area contributed by atoms with Gasteiger partial charge < -0.3 is 16.0 Å². The third kappa shape index (κ3) is 2.45. The van der Waals surface area contributed by atoms with Crippen molar-refractivity contribution in [1.29, 1.82) is 0 Å². The van der Waals surface area contributed by atoms with Gasteiger partial charge in [-0.2, -0.15) is 0 Å². The zero-order valence-corrected chi connectivity index (χ0v) is 8.59. The second-order valence-electron chi connectivity index (χ2n) is 3.52. The van der Waals surface area contributed by atoms with Crippen molar-refractivity contribution in [3.63, 3.8) is 0 Å². The van der Waals surface area contributed by atoms with E-state index < -0.39 is 0 Å². The summed E-state index contributed by atoms with van der Waals surface area (Å²) in [6, 6.07) is 0. The van der Waals surface area contributed by atoms with Gasteiger partial charge in [0, 0.05) is 27.2 Å². The molecule has 14 heavy (non-hydrogen) atoms. The molecule has 1 saturated heterocycles. The lowest BCUT2D eigenvalue weighted by Gasteiger charge is -2.27. The van der Waals surface area contributed by atoms with Gasteiger partial charge in [0.05, 0.1) is 11.8 Å². The van der Waals surface area contributed by atoms with Crippen molar-refractivity contribution in [3.8, 4) is 0 Å². The molecule has 2 atom stereocenters. The summed E-state index contributed by atoms with van der Waals surface area (Å²) in [6.45, 7) is 1.32. The fourth-order valence-corrected chi connectivity index (χ4v) is 1.75. The third-order valence-electron chi connectivity index (χ3n) is 2.58. The Bertz CT molecular complexity index is 208. The van der Waals surface area contributed by atoms with Gasteiger partial charge in [0.15, 0.2) is 0 Å². The molecule has 1 aliphatic rings. The summed E-state index contributed by atoms with van der Waals surface area (Å²) in [5, 5.41) is 8.30. The second-order valence-corrected chi connectivity index (χ2v) is 3.52. The van der Waals surface area contributed by atoms with Crippen molar-refractivity contribution in [2.75, 3.05) is 27.2 Å². The molecule has 1 fully saturated rings. The zero-order chi connectivity index (χ0) is 10.6. The Balaban J connectivity index is 2.51. The molecule has 0 aromatic heterocycles. The van der Waals surface area contributed by atoms with Crippen molar-refractivity contribution >= 4 is 11.8 Å². The highest BCUT2D eigenvalue weighted by atomic mass is 16.2. The molecule has 5 heteroatoms. The Hall–Kier alpha value is -1.10. The van der Waals surface area contributed by atoms with Crippen LogP contribution in [0, 0.1) is 11.8 Å². The van der Waals surface area contributed by atoms with Gasteiger partial charge in [-0.25, -0.2) is 0 Å². The van der Waals surface area contributed by atoms with Gasteiger partial charge in [0.25, 0.3) is 0 Å². The first-order valence-electron chi connectivity index (χ1n) is 4.83. The monoisotopic (exact) mass is 199 g/mol. The smallest absolute Gasteiger partial charge is 0.224 e. The number of amides is 2. The summed E-state index contributed by atoms with van der Waals surface area (Å²) in [4.78, 5) is 22.7. The SMILES string of the molecule is CNC(=O)C1CNCC(C(=O)NC)C1. The van der Waals surface area contributed by atoms with Crippen molar-refractivity contribution in [2.45, 2.75) is 6.42 Å². The molecule has 0 aromatic carbocycles. The largest absolute Gasteiger partial charge is 0.359 e. The molecule has 0 spiro atoms. The van der Waals surface area contributed by atoms with E-state index in [1.54, 1.807) is 14.1 Å². The molecule has 1 rings (SSSR count). The minimum absolute atomic E-state index is 0.00565. The van der Waals surface area contributed by atoms with Gasteiger partial charge in [-0.3, -0.25) is 9.59 Å². The predicted molar refractivity (Wildman–Crippen MR) is 52.6 cm³/mol. The summed E-state index contributed by atoms with van der Waals surface area (Å²) in [6.07, 6.45) is 0.631. The van der Waals surface area contributed by atoms with Crippen LogP contribution in [0.4, 0.5) is 0 Å². The van der Waals surface area contributed by atoms with E-state index in [9.17, 15) is 9.59 Å². The number of hydrogen-bond donors (Lipinski definition) is 3. The van der Waals surface area contributed by atoms with Crippen molar-refractivity contribution in [1.82, 2.24) is 16.0 Å². The maximum Gasteiger partial charge on any atom is 0.224 e. The van der Waals surface area contributed by atoms with Crippen LogP contribution >= 0.6 is 0 Å². The average Bonchev–Trinajstić information content (AvgIpc) is 2.27. The number of carbonyl (C=O) groups is 2. The molecule has 5 nitrogen and oxygen atoms in total. The molecule has 2 unspecified atom stereocenters. The van der Waals surface area contributed by atoms with Gasteiger partial charge in [-0.1, -0.05) is 0 Å². The average molecular weight is 199 g/mol. The van der Waals surface area contributed by atoms with Crippen LogP contribution in [0.15, 0.2) is 0 Å². The molecule has 0 saturated carbocycles. The molecule has 80 valence electrons. The van der Waals surface area contributed by atoms with E-state index in [4.69, 9.17) is 0 Å². The lowest BCUT2D eigenvalue weighted by atomic mass is 9.89. The van der Waals surface area contributed by atoms with Crippen molar-refractivity contribution in [2.24, 2.45) is 11.8 Å². The first-order chi connectivity index (χ1) is 6.69. The van der Waals surface area contributed by atoms with E-state index in [0.29, 0.717) is 19.5 Å². The Morgan fingerprint density at radius 3 is 1.86 bits per heavy atom. The van der Waals surface area contributed by atoms with Gasteiger partial charge >= 0.3 is 0 Å². The molecule has 1 aliphatic heterocycles. The van der Waals surface area contributed by atoms with Crippen molar-refractivity contribution in [3.05, 3.63) is 0 Å². The number of hydrogen-bond acceptors (Lipinski definition) is 3. The lowest BCUT2D eigenvalue weighted by Crippen LogP contribution is -2.47. The fourth-order valence-electron chi connectivity index (χ4n) is 1.75. The summed E-state index contributed by atoms with van der Waals surface area (Å²) < 4.78 is 0. The number of piperidine rings is 1. The zero-order valence-electron chi connectivity index (χ0n) is 8.59. The first kappa shape index (κ1) is 11.0. The highest BCUT2D eigenvalue weighted by Gasteiger charge is 2.29. The van der Waals surface area contributed by atoms with Gasteiger partial charge in [0.1, 0.15) is 0 Å². The molecule has 0 aliphatic carbocycles. The van der Waals surface area contributed by atoms with Gasteiger partial charge in [-0.15, -0.1) is 0 Å². The maximum atomic E-state index is 11.3. The van der Waals surface area contributed by atoms with Crippen LogP contribution in [0.1, 0.15) is 6.42 Å². The Kier molecular flexibility index (Phi) is 3.88. The minimum Gasteiger partial charge on any atom is -0.359 e. The molecule has 1 heterocycles. The van der Waals surface area contributed by atoms with Crippen LogP contribution in [0.25, 0.3) is 0 Å². The van der Waals surface area contributed by atoms with E-state index in [2.05, 4.69) is 16.0 Å². The molecule has 0 bridgehead atoms. The quantitative estimate of drug-likeness (QED) is 0.518. The molecular formula is C9H17N3O2. The summed E-state index contributed by atoms with van der Waals surface area (Å²) in [5.74, 6) is -0.163. The van der Waals surface area contributed by atoms with E-state index in [-0.39, 0.29) is 23.7 Å². The van der Waals surface area contributed by atoms with Gasteiger partial charge in [-0.05, 0) is 6.42 Å². The highest BCUT2D eigenvalue weighted by Crippen LogP contribution is 2.16. The predicted octanol–water partition coefficient (Wildman–Crippen LogP) is -1.30. The highest BCUT2D eigenvalue weighted by molar-refractivity contribution is 5.82. The first-order valence-corrected chi connectivity index (χ1v) is 4.83. The molecule has 0 radical (unpaired) electrons. The number of nitrogens with one attached hydrogen (secondary N) is 3. The van der Waals surface area contributed by atoms with Crippen LogP contribution in [-0.4, -0.2) is 39.0 Å². The summed E-state index contributed by atoms with van der Waals surface area (Å²) in [7, 11) is 3.23. The van der Waals surface area contributed by atoms with Crippen LogP contribution in [-0.2, 0) is 9.59 Å². The Morgan fingerprint density at radius 2 is 1.50 bits per heavy atom. The molecule has 0 aromatic rings. The van der Waals surface area contributed by atoms with E-state index >= 15 is 0 Å². The Labute approximate surface area is 83.6 Å². The standard InChI is InChI=1S/C9H17N3O2/c1-10-8(13)6-3-7(5-12-4-6)9(14)11-2/h6-7,12H,3-5H2,1-2H3,(H,10,13)(H,11,14). The number of rotatable bonds is 2. The minimum atomic E-state index is -0.0870. The van der Waals surface area contributed by atoms with Crippen LogP contribution < -0.4 is 16.0 Å². The van der Waals surface area contributed by atoms with Gasteiger partial charge in [0.2, 0.25) is 11.8 Å². The summed E-state index contributed by atoms with van der Waals surface area (Å²) >= 11 is 0. The topological polar surface area (TPSA) is 70.2 Å². The fraction of sp³-hybridized carbons (Fsp3) is 0.778. The lowest BCUT2D eigenvalue weighted by molar-refractivity contribution is -0.128. The normalized spacial score (nSPS) is 26.7. The maximum absolute atomic E-state index is 11.3. The van der Waals surface area contributed by atoms with Crippen molar-refractivity contribution < 1.29 is 9.59 Å². The van der Waals surface area contributed by atoms with Crippen LogP contribution in [0.5, 0.6) is 0 Å². The number of carbonyl (C=O) groups excluding carboxylic acids is 2. The summed E-state index contributed by atoms with van der Waals surface area (Å²) in [5.41, 5.74) is 0.